The molecule has 5 nitrogen and oxygen atoms in total. The van der Waals surface area contributed by atoms with E-state index in [9.17, 15) is 9.59 Å². The van der Waals surface area contributed by atoms with Gasteiger partial charge in [0.05, 0.1) is 6.54 Å². The molecular weight excluding hydrogens is 254 g/mol. The van der Waals surface area contributed by atoms with Crippen molar-refractivity contribution in [2.75, 3.05) is 25.0 Å². The number of carbonyl (C=O) groups excluding carboxylic acids is 2. The summed E-state index contributed by atoms with van der Waals surface area (Å²) in [4.78, 5) is 28.0. The van der Waals surface area contributed by atoms with Crippen molar-refractivity contribution in [3.63, 3.8) is 0 Å². The maximum atomic E-state index is 12.5. The first kappa shape index (κ1) is 13.0. The van der Waals surface area contributed by atoms with Crippen molar-refractivity contribution in [1.82, 2.24) is 9.80 Å². The molecule has 1 saturated heterocycles. The molecule has 2 aliphatic rings. The van der Waals surface area contributed by atoms with Gasteiger partial charge < -0.3 is 15.1 Å². The number of carbonyl (C=O) groups is 2. The molecule has 0 aliphatic carbocycles. The van der Waals surface area contributed by atoms with Crippen LogP contribution in [0.4, 0.5) is 10.5 Å². The number of para-hydroxylation sites is 1. The number of rotatable bonds is 0. The van der Waals surface area contributed by atoms with Crippen LogP contribution in [0.25, 0.3) is 0 Å². The lowest BCUT2D eigenvalue weighted by molar-refractivity contribution is -0.116. The van der Waals surface area contributed by atoms with E-state index in [0.717, 1.165) is 37.2 Å². The first-order chi connectivity index (χ1) is 9.74. The van der Waals surface area contributed by atoms with Crippen LogP contribution in [0.2, 0.25) is 0 Å². The number of urea groups is 1. The summed E-state index contributed by atoms with van der Waals surface area (Å²) in [5, 5.41) is 2.86. The molecule has 2 aliphatic heterocycles. The van der Waals surface area contributed by atoms with Gasteiger partial charge in [0.1, 0.15) is 6.54 Å². The van der Waals surface area contributed by atoms with E-state index in [1.165, 1.54) is 6.42 Å². The monoisotopic (exact) mass is 273 g/mol. The summed E-state index contributed by atoms with van der Waals surface area (Å²) in [6, 6.07) is 7.64. The molecule has 5 heteroatoms. The summed E-state index contributed by atoms with van der Waals surface area (Å²) in [5.74, 6) is -0.125. The number of benzene rings is 1. The molecule has 3 amide bonds. The molecule has 106 valence electrons. The summed E-state index contributed by atoms with van der Waals surface area (Å²) in [6.07, 6.45) is 3.30. The lowest BCUT2D eigenvalue weighted by Gasteiger charge is -2.32. The number of hydrogen-bond donors (Lipinski definition) is 1. The summed E-state index contributed by atoms with van der Waals surface area (Å²) in [6.45, 7) is 2.23. The number of nitrogens with one attached hydrogen (secondary N) is 1. The summed E-state index contributed by atoms with van der Waals surface area (Å²) in [5.41, 5.74) is 1.80. The molecule has 0 saturated carbocycles. The smallest absolute Gasteiger partial charge is 0.320 e. The standard InChI is InChI=1S/C15H19N3O2/c19-14-11-18(15(20)17-8-4-1-5-9-17)10-12-6-2-3-7-13(12)16-14/h2-3,6-7H,1,4-5,8-11H2,(H,16,19). The third kappa shape index (κ3) is 2.61. The maximum absolute atomic E-state index is 12.5. The van der Waals surface area contributed by atoms with E-state index in [4.69, 9.17) is 0 Å². The van der Waals surface area contributed by atoms with Gasteiger partial charge in [0.15, 0.2) is 0 Å². The Balaban J connectivity index is 1.79. The largest absolute Gasteiger partial charge is 0.325 e. The van der Waals surface area contributed by atoms with Gasteiger partial charge in [0, 0.05) is 18.8 Å². The normalized spacial score (nSPS) is 19.1. The Morgan fingerprint density at radius 1 is 1.00 bits per heavy atom. The van der Waals surface area contributed by atoms with Gasteiger partial charge in [-0.3, -0.25) is 4.79 Å². The van der Waals surface area contributed by atoms with Gasteiger partial charge in [0.2, 0.25) is 5.91 Å². The first-order valence-electron chi connectivity index (χ1n) is 7.15. The van der Waals surface area contributed by atoms with Gasteiger partial charge >= 0.3 is 6.03 Å². The molecule has 1 aromatic rings. The maximum Gasteiger partial charge on any atom is 0.320 e. The molecular formula is C15H19N3O2. The van der Waals surface area contributed by atoms with E-state index in [2.05, 4.69) is 5.32 Å². The van der Waals surface area contributed by atoms with Crippen molar-refractivity contribution in [1.29, 1.82) is 0 Å². The minimum Gasteiger partial charge on any atom is -0.325 e. The second kappa shape index (κ2) is 5.53. The van der Waals surface area contributed by atoms with E-state index in [-0.39, 0.29) is 18.5 Å². The third-order valence-corrected chi connectivity index (χ3v) is 3.88. The second-order valence-corrected chi connectivity index (χ2v) is 5.39. The Morgan fingerprint density at radius 3 is 2.55 bits per heavy atom. The van der Waals surface area contributed by atoms with E-state index < -0.39 is 0 Å². The van der Waals surface area contributed by atoms with Crippen LogP contribution in [0.5, 0.6) is 0 Å². The highest BCUT2D eigenvalue weighted by Crippen LogP contribution is 2.21. The Hall–Kier alpha value is -2.04. The van der Waals surface area contributed by atoms with Crippen molar-refractivity contribution in [3.8, 4) is 0 Å². The lowest BCUT2D eigenvalue weighted by atomic mass is 10.1. The van der Waals surface area contributed by atoms with Crippen LogP contribution in [0.1, 0.15) is 24.8 Å². The fourth-order valence-corrected chi connectivity index (χ4v) is 2.83. The highest BCUT2D eigenvalue weighted by molar-refractivity contribution is 5.96. The zero-order valence-electron chi connectivity index (χ0n) is 11.5. The molecule has 0 atom stereocenters. The fourth-order valence-electron chi connectivity index (χ4n) is 2.83. The molecule has 1 N–H and O–H groups in total. The molecule has 0 radical (unpaired) electrons. The molecule has 0 aromatic heterocycles. The van der Waals surface area contributed by atoms with E-state index in [1.54, 1.807) is 4.90 Å². The number of piperidine rings is 1. The SMILES string of the molecule is O=C1CN(C(=O)N2CCCCC2)Cc2ccccc2N1. The first-order valence-corrected chi connectivity index (χ1v) is 7.15. The van der Waals surface area contributed by atoms with Crippen LogP contribution in [0.15, 0.2) is 24.3 Å². The van der Waals surface area contributed by atoms with Crippen LogP contribution in [0.3, 0.4) is 0 Å². The van der Waals surface area contributed by atoms with Crippen molar-refractivity contribution < 1.29 is 9.59 Å². The fraction of sp³-hybridized carbons (Fsp3) is 0.467. The van der Waals surface area contributed by atoms with Crippen LogP contribution in [-0.4, -0.2) is 41.4 Å². The molecule has 0 spiro atoms. The zero-order chi connectivity index (χ0) is 13.9. The molecule has 2 heterocycles. The van der Waals surface area contributed by atoms with Crippen molar-refractivity contribution in [2.45, 2.75) is 25.8 Å². The quantitative estimate of drug-likeness (QED) is 0.786. The third-order valence-electron chi connectivity index (χ3n) is 3.88. The average Bonchev–Trinajstić information content (AvgIpc) is 2.65. The number of fused-ring (bicyclic) bond motifs is 1. The molecule has 1 fully saturated rings. The Morgan fingerprint density at radius 2 is 1.75 bits per heavy atom. The summed E-state index contributed by atoms with van der Waals surface area (Å²) < 4.78 is 0. The van der Waals surface area contributed by atoms with E-state index in [0.29, 0.717) is 6.54 Å². The Kier molecular flexibility index (Phi) is 3.58. The van der Waals surface area contributed by atoms with Crippen LogP contribution in [0, 0.1) is 0 Å². The lowest BCUT2D eigenvalue weighted by Crippen LogP contribution is -2.46. The van der Waals surface area contributed by atoms with Crippen molar-refractivity contribution >= 4 is 17.6 Å². The second-order valence-electron chi connectivity index (χ2n) is 5.39. The minimum atomic E-state index is -0.125. The molecule has 3 rings (SSSR count). The molecule has 0 bridgehead atoms. The van der Waals surface area contributed by atoms with Crippen molar-refractivity contribution in [3.05, 3.63) is 29.8 Å². The molecule has 20 heavy (non-hydrogen) atoms. The predicted octanol–water partition coefficient (Wildman–Crippen LogP) is 2.05. The topological polar surface area (TPSA) is 52.7 Å². The highest BCUT2D eigenvalue weighted by Gasteiger charge is 2.27. The van der Waals surface area contributed by atoms with Crippen LogP contribution >= 0.6 is 0 Å². The predicted molar refractivity (Wildman–Crippen MR) is 76.3 cm³/mol. The average molecular weight is 273 g/mol. The summed E-state index contributed by atoms with van der Waals surface area (Å²) >= 11 is 0. The number of amides is 3. The van der Waals surface area contributed by atoms with Crippen molar-refractivity contribution in [2.24, 2.45) is 0 Å². The molecule has 1 aromatic carbocycles. The van der Waals surface area contributed by atoms with Crippen LogP contribution < -0.4 is 5.32 Å². The number of likely N-dealkylation sites (tertiary alicyclic amines) is 1. The molecule has 0 unspecified atom stereocenters. The van der Waals surface area contributed by atoms with Crippen LogP contribution in [-0.2, 0) is 11.3 Å². The summed E-state index contributed by atoms with van der Waals surface area (Å²) in [7, 11) is 0. The van der Waals surface area contributed by atoms with Gasteiger partial charge in [-0.2, -0.15) is 0 Å². The highest BCUT2D eigenvalue weighted by atomic mass is 16.2. The number of anilines is 1. The Bertz CT molecular complexity index is 524. The minimum absolute atomic E-state index is 0.0171. The van der Waals surface area contributed by atoms with Gasteiger partial charge in [-0.15, -0.1) is 0 Å². The van der Waals surface area contributed by atoms with Gasteiger partial charge in [0.25, 0.3) is 0 Å². The zero-order valence-corrected chi connectivity index (χ0v) is 11.5. The number of nitrogens with zero attached hydrogens (tertiary/aromatic N) is 2. The van der Waals surface area contributed by atoms with Gasteiger partial charge in [-0.25, -0.2) is 4.79 Å². The Labute approximate surface area is 118 Å². The van der Waals surface area contributed by atoms with Gasteiger partial charge in [-0.1, -0.05) is 18.2 Å². The van der Waals surface area contributed by atoms with E-state index >= 15 is 0 Å². The van der Waals surface area contributed by atoms with E-state index in [1.807, 2.05) is 29.2 Å². The number of hydrogen-bond acceptors (Lipinski definition) is 2. The van der Waals surface area contributed by atoms with Gasteiger partial charge in [-0.05, 0) is 30.9 Å².